The number of ether oxygens (including phenoxy) is 1. The molecule has 5 nitrogen and oxygen atoms in total. The molecule has 3 aromatic rings. The number of fused-ring (bicyclic) bond motifs is 1. The van der Waals surface area contributed by atoms with Crippen molar-refractivity contribution >= 4 is 16.9 Å². The molecule has 32 heavy (non-hydrogen) atoms. The molecule has 3 rings (SSSR count). The standard InChI is InChI=1S/C27H37N3O2/c1-3-4-5-6-7-8-9-10-15-20-30-24-18-13-12-17-23(24)29-26(30)21-28-27(31)22-16-11-14-19-25(22)32-2/h11-14,16-19H,3-10,15,20-21H2,1-2H3,(H,28,31). The molecule has 0 spiro atoms. The number of rotatable bonds is 14. The Kier molecular flexibility index (Phi) is 9.60. The van der Waals surface area contributed by atoms with Gasteiger partial charge in [0, 0.05) is 6.54 Å². The maximum Gasteiger partial charge on any atom is 0.255 e. The fraction of sp³-hybridized carbons (Fsp3) is 0.481. The number of imidazole rings is 1. The second-order valence-corrected chi connectivity index (χ2v) is 8.38. The van der Waals surface area contributed by atoms with Crippen molar-refractivity contribution in [2.75, 3.05) is 7.11 Å². The number of unbranched alkanes of at least 4 members (excludes halogenated alkanes) is 8. The van der Waals surface area contributed by atoms with Crippen LogP contribution in [0.2, 0.25) is 0 Å². The molecule has 0 fully saturated rings. The molecular formula is C27H37N3O2. The summed E-state index contributed by atoms with van der Waals surface area (Å²) < 4.78 is 7.58. The number of carbonyl (C=O) groups is 1. The van der Waals surface area contributed by atoms with Crippen LogP contribution in [0.1, 0.15) is 80.9 Å². The first-order valence-corrected chi connectivity index (χ1v) is 12.1. The third-order valence-corrected chi connectivity index (χ3v) is 5.98. The van der Waals surface area contributed by atoms with Gasteiger partial charge >= 0.3 is 0 Å². The number of nitrogens with zero attached hydrogens (tertiary/aromatic N) is 2. The average Bonchev–Trinajstić information content (AvgIpc) is 3.18. The van der Waals surface area contributed by atoms with Gasteiger partial charge in [-0.2, -0.15) is 0 Å². The molecule has 0 unspecified atom stereocenters. The Bertz CT molecular complexity index is 980. The zero-order chi connectivity index (χ0) is 22.6. The van der Waals surface area contributed by atoms with Gasteiger partial charge in [-0.15, -0.1) is 0 Å². The summed E-state index contributed by atoms with van der Waals surface area (Å²) in [5, 5.41) is 3.02. The zero-order valence-electron chi connectivity index (χ0n) is 19.6. The first-order valence-electron chi connectivity index (χ1n) is 12.1. The summed E-state index contributed by atoms with van der Waals surface area (Å²) in [6.07, 6.45) is 11.8. The molecule has 0 aliphatic heterocycles. The molecule has 0 bridgehead atoms. The largest absolute Gasteiger partial charge is 0.496 e. The van der Waals surface area contributed by atoms with E-state index in [1.165, 1.54) is 51.4 Å². The Morgan fingerprint density at radius 2 is 1.56 bits per heavy atom. The summed E-state index contributed by atoms with van der Waals surface area (Å²) in [5.41, 5.74) is 2.65. The SMILES string of the molecule is CCCCCCCCCCCn1c(CNC(=O)c2ccccc2OC)nc2ccccc21. The average molecular weight is 436 g/mol. The second-order valence-electron chi connectivity index (χ2n) is 8.38. The van der Waals surface area contributed by atoms with Gasteiger partial charge < -0.3 is 14.6 Å². The van der Waals surface area contributed by atoms with Crippen LogP contribution in [-0.4, -0.2) is 22.6 Å². The topological polar surface area (TPSA) is 56.2 Å². The van der Waals surface area contributed by atoms with E-state index in [2.05, 4.69) is 22.9 Å². The Labute approximate surface area is 192 Å². The van der Waals surface area contributed by atoms with Crippen LogP contribution >= 0.6 is 0 Å². The van der Waals surface area contributed by atoms with E-state index in [0.717, 1.165) is 29.8 Å². The van der Waals surface area contributed by atoms with Crippen LogP contribution in [0.3, 0.4) is 0 Å². The van der Waals surface area contributed by atoms with E-state index in [9.17, 15) is 4.79 Å². The lowest BCUT2D eigenvalue weighted by Crippen LogP contribution is -2.25. The Morgan fingerprint density at radius 1 is 0.906 bits per heavy atom. The minimum atomic E-state index is -0.149. The molecule has 1 aromatic heterocycles. The van der Waals surface area contributed by atoms with Crippen LogP contribution in [0, 0.1) is 0 Å². The number of hydrogen-bond donors (Lipinski definition) is 1. The summed E-state index contributed by atoms with van der Waals surface area (Å²) in [6, 6.07) is 15.5. The molecular weight excluding hydrogens is 398 g/mol. The normalized spacial score (nSPS) is 11.1. The monoisotopic (exact) mass is 435 g/mol. The molecule has 0 aliphatic carbocycles. The number of aryl methyl sites for hydroxylation is 1. The number of nitrogens with one attached hydrogen (secondary N) is 1. The first kappa shape index (κ1) is 23.8. The lowest BCUT2D eigenvalue weighted by atomic mass is 10.1. The highest BCUT2D eigenvalue weighted by Crippen LogP contribution is 2.20. The number of amides is 1. The molecule has 1 N–H and O–H groups in total. The minimum absolute atomic E-state index is 0.149. The van der Waals surface area contributed by atoms with E-state index in [0.29, 0.717) is 17.9 Å². The molecule has 5 heteroatoms. The highest BCUT2D eigenvalue weighted by molar-refractivity contribution is 5.96. The smallest absolute Gasteiger partial charge is 0.255 e. The Balaban J connectivity index is 1.56. The van der Waals surface area contributed by atoms with E-state index in [-0.39, 0.29) is 5.91 Å². The van der Waals surface area contributed by atoms with Gasteiger partial charge in [-0.3, -0.25) is 4.79 Å². The van der Waals surface area contributed by atoms with Crippen LogP contribution < -0.4 is 10.1 Å². The van der Waals surface area contributed by atoms with Gasteiger partial charge in [-0.1, -0.05) is 82.6 Å². The molecule has 1 amide bonds. The summed E-state index contributed by atoms with van der Waals surface area (Å²) in [6.45, 7) is 3.58. The van der Waals surface area contributed by atoms with E-state index in [4.69, 9.17) is 9.72 Å². The second kappa shape index (κ2) is 12.9. The molecule has 0 saturated heterocycles. The number of methoxy groups -OCH3 is 1. The Morgan fingerprint density at radius 3 is 2.31 bits per heavy atom. The zero-order valence-corrected chi connectivity index (χ0v) is 19.6. The van der Waals surface area contributed by atoms with E-state index in [1.54, 1.807) is 19.2 Å². The van der Waals surface area contributed by atoms with Gasteiger partial charge in [0.05, 0.1) is 30.3 Å². The predicted octanol–water partition coefficient (Wildman–Crippen LogP) is 6.51. The summed E-state index contributed by atoms with van der Waals surface area (Å²) >= 11 is 0. The maximum absolute atomic E-state index is 12.7. The Hall–Kier alpha value is -2.82. The van der Waals surface area contributed by atoms with Crippen molar-refractivity contribution in [2.45, 2.75) is 77.8 Å². The van der Waals surface area contributed by atoms with Crippen molar-refractivity contribution in [3.8, 4) is 5.75 Å². The lowest BCUT2D eigenvalue weighted by molar-refractivity contribution is 0.0946. The van der Waals surface area contributed by atoms with Crippen LogP contribution in [0.25, 0.3) is 11.0 Å². The van der Waals surface area contributed by atoms with Crippen molar-refractivity contribution in [2.24, 2.45) is 0 Å². The van der Waals surface area contributed by atoms with E-state index < -0.39 is 0 Å². The minimum Gasteiger partial charge on any atom is -0.496 e. The molecule has 0 saturated carbocycles. The number of hydrogen-bond acceptors (Lipinski definition) is 3. The molecule has 2 aromatic carbocycles. The number of para-hydroxylation sites is 3. The fourth-order valence-corrected chi connectivity index (χ4v) is 4.18. The van der Waals surface area contributed by atoms with Crippen molar-refractivity contribution in [1.29, 1.82) is 0 Å². The van der Waals surface area contributed by atoms with Gasteiger partial charge in [0.2, 0.25) is 0 Å². The quantitative estimate of drug-likeness (QED) is 0.294. The van der Waals surface area contributed by atoms with Gasteiger partial charge in [0.15, 0.2) is 0 Å². The molecule has 0 atom stereocenters. The molecule has 172 valence electrons. The van der Waals surface area contributed by atoms with Gasteiger partial charge in [0.1, 0.15) is 11.6 Å². The molecule has 1 heterocycles. The first-order chi connectivity index (χ1) is 15.7. The molecule has 0 radical (unpaired) electrons. The summed E-state index contributed by atoms with van der Waals surface area (Å²) in [5.74, 6) is 1.33. The van der Waals surface area contributed by atoms with Gasteiger partial charge in [-0.05, 0) is 30.7 Å². The maximum atomic E-state index is 12.7. The van der Waals surface area contributed by atoms with Crippen LogP contribution in [0.4, 0.5) is 0 Å². The predicted molar refractivity (Wildman–Crippen MR) is 131 cm³/mol. The van der Waals surface area contributed by atoms with Crippen LogP contribution in [0.5, 0.6) is 5.75 Å². The van der Waals surface area contributed by atoms with Crippen molar-refractivity contribution in [1.82, 2.24) is 14.9 Å². The van der Waals surface area contributed by atoms with Gasteiger partial charge in [0.25, 0.3) is 5.91 Å². The number of benzene rings is 2. The summed E-state index contributed by atoms with van der Waals surface area (Å²) in [4.78, 5) is 17.5. The van der Waals surface area contributed by atoms with Gasteiger partial charge in [-0.25, -0.2) is 4.98 Å². The highest BCUT2D eigenvalue weighted by atomic mass is 16.5. The fourth-order valence-electron chi connectivity index (χ4n) is 4.18. The van der Waals surface area contributed by atoms with Crippen molar-refractivity contribution < 1.29 is 9.53 Å². The summed E-state index contributed by atoms with van der Waals surface area (Å²) in [7, 11) is 1.58. The number of carbonyl (C=O) groups excluding carboxylic acids is 1. The van der Waals surface area contributed by atoms with E-state index >= 15 is 0 Å². The van der Waals surface area contributed by atoms with Crippen LogP contribution in [-0.2, 0) is 13.1 Å². The number of aromatic nitrogens is 2. The van der Waals surface area contributed by atoms with Crippen LogP contribution in [0.15, 0.2) is 48.5 Å². The highest BCUT2D eigenvalue weighted by Gasteiger charge is 2.14. The third kappa shape index (κ3) is 6.59. The van der Waals surface area contributed by atoms with E-state index in [1.807, 2.05) is 30.3 Å². The third-order valence-electron chi connectivity index (χ3n) is 5.98. The van der Waals surface area contributed by atoms with Crippen molar-refractivity contribution in [3.05, 3.63) is 59.9 Å². The van der Waals surface area contributed by atoms with Crippen molar-refractivity contribution in [3.63, 3.8) is 0 Å². The molecule has 0 aliphatic rings. The lowest BCUT2D eigenvalue weighted by Gasteiger charge is -2.11.